The Balaban J connectivity index is 2.62. The topological polar surface area (TPSA) is 68.2 Å². The van der Waals surface area contributed by atoms with Gasteiger partial charge < -0.3 is 10.3 Å². The molecule has 0 aliphatic rings. The first-order chi connectivity index (χ1) is 6.24. The summed E-state index contributed by atoms with van der Waals surface area (Å²) in [5.41, 5.74) is 7.64. The molecule has 0 amide bonds. The Labute approximate surface area is 81.6 Å². The number of nitrogens with two attached hydrogens (primary N) is 1. The van der Waals surface area contributed by atoms with Gasteiger partial charge in [0.25, 0.3) is 0 Å². The van der Waals surface area contributed by atoms with Gasteiger partial charge in [0.1, 0.15) is 0 Å². The van der Waals surface area contributed by atoms with E-state index >= 15 is 0 Å². The van der Waals surface area contributed by atoms with Gasteiger partial charge in [-0.3, -0.25) is 5.43 Å². The first-order valence-electron chi connectivity index (χ1n) is 3.83. The quantitative estimate of drug-likeness (QED) is 0.409. The predicted octanol–water partition coefficient (Wildman–Crippen LogP) is 0.0701. The minimum Gasteiger partial charge on any atom is -0.375 e. The fraction of sp³-hybridized carbons (Fsp3) is 0.286. The Morgan fingerprint density at radius 2 is 2.69 bits per heavy atom. The highest BCUT2D eigenvalue weighted by molar-refractivity contribution is 7.80. The molecule has 1 aromatic rings. The highest BCUT2D eigenvalue weighted by Gasteiger charge is 1.95. The fourth-order valence-electron chi connectivity index (χ4n) is 0.869. The van der Waals surface area contributed by atoms with Crippen LogP contribution >= 0.6 is 12.2 Å². The van der Waals surface area contributed by atoms with Crippen LogP contribution in [0.1, 0.15) is 12.7 Å². The number of rotatable bonds is 3. The molecule has 0 aromatic carbocycles. The van der Waals surface area contributed by atoms with Crippen LogP contribution in [0.15, 0.2) is 17.5 Å². The number of hydrazone groups is 1. The summed E-state index contributed by atoms with van der Waals surface area (Å²) >= 11 is 4.58. The summed E-state index contributed by atoms with van der Waals surface area (Å²) in [6.07, 6.45) is 5.16. The molecule has 6 heteroatoms. The molecule has 0 saturated carbocycles. The van der Waals surface area contributed by atoms with E-state index in [4.69, 9.17) is 5.73 Å². The van der Waals surface area contributed by atoms with Crippen LogP contribution in [-0.4, -0.2) is 20.9 Å². The summed E-state index contributed by atoms with van der Waals surface area (Å²) in [6.45, 7) is 2.88. The highest BCUT2D eigenvalue weighted by Crippen LogP contribution is 1.92. The maximum Gasteiger partial charge on any atom is 0.184 e. The minimum atomic E-state index is 0.144. The van der Waals surface area contributed by atoms with Crippen LogP contribution in [0, 0.1) is 0 Å². The second kappa shape index (κ2) is 4.56. The van der Waals surface area contributed by atoms with Crippen LogP contribution in [-0.2, 0) is 6.54 Å². The van der Waals surface area contributed by atoms with E-state index in [1.54, 1.807) is 12.4 Å². The molecule has 0 bridgehead atoms. The molecule has 0 unspecified atom stereocenters. The van der Waals surface area contributed by atoms with E-state index in [-0.39, 0.29) is 5.11 Å². The molecule has 0 saturated heterocycles. The first kappa shape index (κ1) is 9.66. The maximum absolute atomic E-state index is 5.18. The van der Waals surface area contributed by atoms with Crippen molar-refractivity contribution in [3.8, 4) is 0 Å². The third-order valence-corrected chi connectivity index (χ3v) is 1.53. The standard InChI is InChI=1S/C7H11N5S/c1-2-12-4-3-9-6(12)5-10-11-7(8)13/h3-5H,2H2,1H3,(H3,8,11,13)/b10-5+. The lowest BCUT2D eigenvalue weighted by Crippen LogP contribution is -2.24. The van der Waals surface area contributed by atoms with Gasteiger partial charge in [-0.2, -0.15) is 5.10 Å². The van der Waals surface area contributed by atoms with Gasteiger partial charge in [0, 0.05) is 18.9 Å². The molecule has 1 heterocycles. The molecular formula is C7H11N5S. The van der Waals surface area contributed by atoms with Crippen LogP contribution in [0.3, 0.4) is 0 Å². The largest absolute Gasteiger partial charge is 0.375 e. The van der Waals surface area contributed by atoms with Crippen LogP contribution in [0.5, 0.6) is 0 Å². The molecule has 0 fully saturated rings. The lowest BCUT2D eigenvalue weighted by molar-refractivity contribution is 0.754. The van der Waals surface area contributed by atoms with Crippen LogP contribution in [0.2, 0.25) is 0 Å². The zero-order valence-electron chi connectivity index (χ0n) is 7.27. The van der Waals surface area contributed by atoms with Gasteiger partial charge in [0.2, 0.25) is 0 Å². The summed E-state index contributed by atoms with van der Waals surface area (Å²) in [7, 11) is 0. The van der Waals surface area contributed by atoms with Gasteiger partial charge in [-0.05, 0) is 19.1 Å². The summed E-state index contributed by atoms with van der Waals surface area (Å²) < 4.78 is 1.95. The number of imidazole rings is 1. The lowest BCUT2D eigenvalue weighted by Gasteiger charge is -1.98. The van der Waals surface area contributed by atoms with Crippen molar-refractivity contribution in [1.82, 2.24) is 15.0 Å². The van der Waals surface area contributed by atoms with Crippen molar-refractivity contribution in [2.75, 3.05) is 0 Å². The minimum absolute atomic E-state index is 0.144. The van der Waals surface area contributed by atoms with Crippen LogP contribution in [0.4, 0.5) is 0 Å². The molecule has 0 spiro atoms. The van der Waals surface area contributed by atoms with Crippen molar-refractivity contribution in [2.45, 2.75) is 13.5 Å². The fourth-order valence-corrected chi connectivity index (χ4v) is 0.922. The molecule has 0 aliphatic carbocycles. The third-order valence-electron chi connectivity index (χ3n) is 1.44. The van der Waals surface area contributed by atoms with Crippen molar-refractivity contribution in [2.24, 2.45) is 10.8 Å². The molecule has 5 nitrogen and oxygen atoms in total. The molecule has 0 aliphatic heterocycles. The Hall–Kier alpha value is -1.43. The van der Waals surface area contributed by atoms with Gasteiger partial charge in [0.05, 0.1) is 6.21 Å². The average molecular weight is 197 g/mol. The lowest BCUT2D eigenvalue weighted by atomic mass is 10.6. The van der Waals surface area contributed by atoms with E-state index < -0.39 is 0 Å². The van der Waals surface area contributed by atoms with Gasteiger partial charge >= 0.3 is 0 Å². The van der Waals surface area contributed by atoms with Crippen molar-refractivity contribution >= 4 is 23.5 Å². The second-order valence-corrected chi connectivity index (χ2v) is 2.75. The van der Waals surface area contributed by atoms with E-state index in [0.717, 1.165) is 12.4 Å². The van der Waals surface area contributed by atoms with Crippen LogP contribution < -0.4 is 11.2 Å². The van der Waals surface area contributed by atoms with E-state index in [2.05, 4.69) is 27.7 Å². The van der Waals surface area contributed by atoms with E-state index in [1.165, 1.54) is 0 Å². The molecule has 3 N–H and O–H groups in total. The Bertz CT molecular complexity index is 316. The number of hydrogen-bond acceptors (Lipinski definition) is 3. The predicted molar refractivity (Wildman–Crippen MR) is 55.4 cm³/mol. The van der Waals surface area contributed by atoms with E-state index in [1.807, 2.05) is 17.7 Å². The summed E-state index contributed by atoms with van der Waals surface area (Å²) in [5.74, 6) is 0.770. The normalized spacial score (nSPS) is 10.5. The molecule has 1 aromatic heterocycles. The Kier molecular flexibility index (Phi) is 3.39. The second-order valence-electron chi connectivity index (χ2n) is 2.31. The zero-order chi connectivity index (χ0) is 9.68. The molecule has 0 atom stereocenters. The number of aromatic nitrogens is 2. The number of aryl methyl sites for hydroxylation is 1. The average Bonchev–Trinajstić information content (AvgIpc) is 2.51. The van der Waals surface area contributed by atoms with E-state index in [0.29, 0.717) is 0 Å². The van der Waals surface area contributed by atoms with Crippen molar-refractivity contribution in [3.63, 3.8) is 0 Å². The monoisotopic (exact) mass is 197 g/mol. The van der Waals surface area contributed by atoms with Gasteiger partial charge in [-0.15, -0.1) is 0 Å². The first-order valence-corrected chi connectivity index (χ1v) is 4.24. The summed E-state index contributed by atoms with van der Waals surface area (Å²) in [5, 5.41) is 3.94. The van der Waals surface area contributed by atoms with Gasteiger partial charge in [-0.25, -0.2) is 4.98 Å². The highest BCUT2D eigenvalue weighted by atomic mass is 32.1. The van der Waals surface area contributed by atoms with E-state index in [9.17, 15) is 0 Å². The maximum atomic E-state index is 5.18. The van der Waals surface area contributed by atoms with Crippen molar-refractivity contribution in [3.05, 3.63) is 18.2 Å². The SMILES string of the molecule is CCn1ccnc1/C=N/NC(N)=S. The molecule has 1 rings (SSSR count). The molecular weight excluding hydrogens is 186 g/mol. The third kappa shape index (κ3) is 2.83. The molecule has 0 radical (unpaired) electrons. The van der Waals surface area contributed by atoms with Crippen LogP contribution in [0.25, 0.3) is 0 Å². The van der Waals surface area contributed by atoms with Gasteiger partial charge in [-0.1, -0.05) is 0 Å². The number of hydrogen-bond donors (Lipinski definition) is 2. The molecule has 13 heavy (non-hydrogen) atoms. The van der Waals surface area contributed by atoms with Crippen molar-refractivity contribution in [1.29, 1.82) is 0 Å². The number of nitrogens with one attached hydrogen (secondary N) is 1. The van der Waals surface area contributed by atoms with Gasteiger partial charge in [0.15, 0.2) is 10.9 Å². The Morgan fingerprint density at radius 3 is 3.31 bits per heavy atom. The smallest absolute Gasteiger partial charge is 0.184 e. The summed E-state index contributed by atoms with van der Waals surface area (Å²) in [4.78, 5) is 4.07. The number of nitrogens with zero attached hydrogens (tertiary/aromatic N) is 3. The Morgan fingerprint density at radius 1 is 1.92 bits per heavy atom. The number of thiocarbonyl (C=S) groups is 1. The van der Waals surface area contributed by atoms with Crippen molar-refractivity contribution < 1.29 is 0 Å². The zero-order valence-corrected chi connectivity index (χ0v) is 8.08. The summed E-state index contributed by atoms with van der Waals surface area (Å²) in [6, 6.07) is 0. The molecule has 70 valence electrons.